The third-order valence-corrected chi connectivity index (χ3v) is 10.7. The third kappa shape index (κ3) is 5.38. The topological polar surface area (TPSA) is 89.5 Å². The minimum absolute atomic E-state index is 0.0782. The molecule has 1 aliphatic carbocycles. The first-order valence-corrected chi connectivity index (χ1v) is 18.2. The van der Waals surface area contributed by atoms with Crippen LogP contribution in [0.25, 0.3) is 45.0 Å². The van der Waals surface area contributed by atoms with Crippen molar-refractivity contribution in [3.05, 3.63) is 198 Å². The van der Waals surface area contributed by atoms with Crippen molar-refractivity contribution in [1.82, 2.24) is 15.0 Å². The van der Waals surface area contributed by atoms with Gasteiger partial charge < -0.3 is 4.81 Å². The Balaban J connectivity index is 1.17. The molecule has 0 N–H and O–H groups in total. The molecule has 1 atom stereocenters. The normalized spacial score (nSPS) is 13.5. The van der Waals surface area contributed by atoms with Crippen molar-refractivity contribution in [1.29, 1.82) is 10.5 Å². The van der Waals surface area contributed by atoms with Crippen LogP contribution in [0.2, 0.25) is 0 Å². The summed E-state index contributed by atoms with van der Waals surface area (Å²) in [6.07, 6.45) is 0. The van der Waals surface area contributed by atoms with Gasteiger partial charge in [-0.3, -0.25) is 0 Å². The lowest BCUT2D eigenvalue weighted by Gasteiger charge is -2.39. The monoisotopic (exact) mass is 700 g/mol. The SMILES string of the molecule is N#Cc1cccc(-c2nc(-c3cccc(N4B(c5ccccc5)c5ccccc5-c5ccccc54)c3)nc(C3c4ccccc4-c4cc(C#N)ccc43)n2)c1. The van der Waals surface area contributed by atoms with Crippen LogP contribution in [0.3, 0.4) is 0 Å². The molecule has 0 spiro atoms. The van der Waals surface area contributed by atoms with E-state index in [2.05, 4.69) is 132 Å². The number of anilines is 2. The van der Waals surface area contributed by atoms with Crippen LogP contribution in [0.1, 0.15) is 34.0 Å². The number of aromatic nitrogens is 3. The van der Waals surface area contributed by atoms with Gasteiger partial charge in [-0.05, 0) is 75.7 Å². The van der Waals surface area contributed by atoms with E-state index in [1.165, 1.54) is 22.1 Å². The van der Waals surface area contributed by atoms with Gasteiger partial charge in [-0.2, -0.15) is 10.5 Å². The Kier molecular flexibility index (Phi) is 7.65. The van der Waals surface area contributed by atoms with E-state index in [4.69, 9.17) is 15.0 Å². The summed E-state index contributed by atoms with van der Waals surface area (Å²) in [5.41, 5.74) is 13.8. The van der Waals surface area contributed by atoms with E-state index in [9.17, 15) is 10.5 Å². The number of benzene rings is 7. The van der Waals surface area contributed by atoms with Gasteiger partial charge >= 0.3 is 6.85 Å². The fourth-order valence-corrected chi connectivity index (χ4v) is 8.28. The minimum Gasteiger partial charge on any atom is -0.376 e. The first kappa shape index (κ1) is 32.1. The van der Waals surface area contributed by atoms with Crippen molar-refractivity contribution in [2.75, 3.05) is 4.81 Å². The van der Waals surface area contributed by atoms with Crippen LogP contribution < -0.4 is 15.7 Å². The van der Waals surface area contributed by atoms with Crippen LogP contribution >= 0.6 is 0 Å². The number of rotatable bonds is 5. The lowest BCUT2D eigenvalue weighted by molar-refractivity contribution is 0.855. The van der Waals surface area contributed by atoms with E-state index in [1.54, 1.807) is 6.07 Å². The van der Waals surface area contributed by atoms with Gasteiger partial charge in [0.1, 0.15) is 5.82 Å². The highest BCUT2D eigenvalue weighted by Gasteiger charge is 2.37. The van der Waals surface area contributed by atoms with Gasteiger partial charge in [0.25, 0.3) is 0 Å². The number of nitrogens with zero attached hydrogens (tertiary/aromatic N) is 6. The van der Waals surface area contributed by atoms with Crippen LogP contribution in [0.15, 0.2) is 170 Å². The maximum Gasteiger partial charge on any atom is 0.328 e. The number of nitriles is 2. The summed E-state index contributed by atoms with van der Waals surface area (Å²) < 4.78 is 0. The van der Waals surface area contributed by atoms with Crippen LogP contribution in [0.4, 0.5) is 11.4 Å². The summed E-state index contributed by atoms with van der Waals surface area (Å²) >= 11 is 0. The van der Waals surface area contributed by atoms with Gasteiger partial charge in [-0.1, -0.05) is 133 Å². The molecule has 8 aromatic rings. The first-order valence-electron chi connectivity index (χ1n) is 18.2. The number of hydrogen-bond donors (Lipinski definition) is 0. The zero-order chi connectivity index (χ0) is 36.9. The Labute approximate surface area is 319 Å². The highest BCUT2D eigenvalue weighted by atomic mass is 15.1. The Morgan fingerprint density at radius 2 is 1.13 bits per heavy atom. The quantitative estimate of drug-likeness (QED) is 0.167. The standard InChI is InChI=1S/C48H29BN6/c50-29-31-12-10-13-33(26-31)46-52-47(54-48(53-46)45-40-21-5-4-18-37(40)42-27-32(30-51)24-25-41(42)45)34-14-11-17-36(28-34)55-44-23-9-7-20-39(44)38-19-6-8-22-43(38)49(55)35-15-2-1-3-16-35/h1-28,45H. The Morgan fingerprint density at radius 1 is 0.491 bits per heavy atom. The second kappa shape index (κ2) is 13.1. The van der Waals surface area contributed by atoms with Gasteiger partial charge in [0, 0.05) is 28.1 Å². The highest BCUT2D eigenvalue weighted by molar-refractivity contribution is 6.90. The van der Waals surface area contributed by atoms with Gasteiger partial charge in [-0.15, -0.1) is 0 Å². The molecule has 0 fully saturated rings. The molecule has 7 aromatic carbocycles. The van der Waals surface area contributed by atoms with Crippen molar-refractivity contribution >= 4 is 29.1 Å². The van der Waals surface area contributed by atoms with E-state index in [0.717, 1.165) is 44.8 Å². The third-order valence-electron chi connectivity index (χ3n) is 10.7. The zero-order valence-corrected chi connectivity index (χ0v) is 29.5. The van der Waals surface area contributed by atoms with Crippen molar-refractivity contribution in [2.24, 2.45) is 0 Å². The Morgan fingerprint density at radius 3 is 1.93 bits per heavy atom. The minimum atomic E-state index is -0.283. The largest absolute Gasteiger partial charge is 0.376 e. The van der Waals surface area contributed by atoms with E-state index >= 15 is 0 Å². The van der Waals surface area contributed by atoms with Crippen molar-refractivity contribution < 1.29 is 0 Å². The fourth-order valence-electron chi connectivity index (χ4n) is 8.28. The number of hydrogen-bond acceptors (Lipinski definition) is 6. The first-order chi connectivity index (χ1) is 27.2. The number of para-hydroxylation sites is 1. The molecule has 10 rings (SSSR count). The summed E-state index contributed by atoms with van der Waals surface area (Å²) in [4.78, 5) is 17.9. The molecule has 1 unspecified atom stereocenters. The van der Waals surface area contributed by atoms with Crippen LogP contribution in [0.5, 0.6) is 0 Å². The van der Waals surface area contributed by atoms with E-state index in [-0.39, 0.29) is 12.8 Å². The molecular weight excluding hydrogens is 671 g/mol. The predicted molar refractivity (Wildman–Crippen MR) is 218 cm³/mol. The van der Waals surface area contributed by atoms with Gasteiger partial charge in [0.15, 0.2) is 11.6 Å². The molecule has 254 valence electrons. The van der Waals surface area contributed by atoms with Crippen molar-refractivity contribution in [2.45, 2.75) is 5.92 Å². The van der Waals surface area contributed by atoms with Crippen molar-refractivity contribution in [3.63, 3.8) is 0 Å². The van der Waals surface area contributed by atoms with Crippen LogP contribution in [-0.2, 0) is 0 Å². The van der Waals surface area contributed by atoms with Crippen molar-refractivity contribution in [3.8, 4) is 57.2 Å². The van der Waals surface area contributed by atoms with Crippen LogP contribution in [-0.4, -0.2) is 21.8 Å². The summed E-state index contributed by atoms with van der Waals surface area (Å²) in [6.45, 7) is -0.0782. The highest BCUT2D eigenvalue weighted by Crippen LogP contribution is 2.48. The van der Waals surface area contributed by atoms with E-state index in [1.807, 2.05) is 48.5 Å². The molecule has 1 aliphatic heterocycles. The maximum absolute atomic E-state index is 9.79. The molecule has 0 saturated carbocycles. The maximum atomic E-state index is 9.79. The summed E-state index contributed by atoms with van der Waals surface area (Å²) in [6, 6.07) is 62.4. The Hall–Kier alpha value is -7.61. The molecule has 0 saturated heterocycles. The molecule has 7 heteroatoms. The molecule has 0 amide bonds. The molecule has 55 heavy (non-hydrogen) atoms. The van der Waals surface area contributed by atoms with Gasteiger partial charge in [0.2, 0.25) is 0 Å². The predicted octanol–water partition coefficient (Wildman–Crippen LogP) is 9.03. The molecule has 2 aliphatic rings. The average molecular weight is 701 g/mol. The second-order valence-electron chi connectivity index (χ2n) is 13.8. The summed E-state index contributed by atoms with van der Waals surface area (Å²) in [5, 5.41) is 19.5. The van der Waals surface area contributed by atoms with E-state index in [0.29, 0.717) is 28.6 Å². The number of fused-ring (bicyclic) bond motifs is 6. The van der Waals surface area contributed by atoms with Gasteiger partial charge in [-0.25, -0.2) is 15.0 Å². The smallest absolute Gasteiger partial charge is 0.328 e. The molecule has 1 aromatic heterocycles. The summed E-state index contributed by atoms with van der Waals surface area (Å²) in [5.74, 6) is 1.34. The molecule has 0 radical (unpaired) electrons. The van der Waals surface area contributed by atoms with E-state index < -0.39 is 0 Å². The molecule has 0 bridgehead atoms. The molecule has 6 nitrogen and oxygen atoms in total. The molecular formula is C48H29BN6. The lowest BCUT2D eigenvalue weighted by atomic mass is 9.46. The second-order valence-corrected chi connectivity index (χ2v) is 13.8. The fraction of sp³-hybridized carbons (Fsp3) is 0.0208. The van der Waals surface area contributed by atoms with Crippen LogP contribution in [0, 0.1) is 22.7 Å². The zero-order valence-electron chi connectivity index (χ0n) is 29.5. The lowest BCUT2D eigenvalue weighted by Crippen LogP contribution is -2.57. The molecule has 2 heterocycles. The average Bonchev–Trinajstić information content (AvgIpc) is 3.59. The summed E-state index contributed by atoms with van der Waals surface area (Å²) in [7, 11) is 0. The Bertz CT molecular complexity index is 2890. The van der Waals surface area contributed by atoms with Gasteiger partial charge in [0.05, 0.1) is 29.2 Å².